The molecule has 0 bridgehead atoms. The maximum absolute atomic E-state index is 4.00. The fraction of sp³-hybridized carbons (Fsp3) is 0.556. The molecule has 1 aromatic rings. The van der Waals surface area contributed by atoms with Gasteiger partial charge in [-0.2, -0.15) is 10.2 Å². The molecule has 0 unspecified atom stereocenters. The second-order valence-electron chi connectivity index (χ2n) is 3.78. The summed E-state index contributed by atoms with van der Waals surface area (Å²) in [5.74, 6) is 0. The van der Waals surface area contributed by atoms with E-state index in [1.54, 1.807) is 6.20 Å². The molecule has 0 fully saturated rings. The first-order valence-corrected chi connectivity index (χ1v) is 3.80. The second-order valence-corrected chi connectivity index (χ2v) is 3.78. The number of hydrogen-bond donors (Lipinski definition) is 0. The lowest BCUT2D eigenvalue weighted by Gasteiger charge is -2.19. The van der Waals surface area contributed by atoms with Gasteiger partial charge in [0.2, 0.25) is 0 Å². The minimum atomic E-state index is 0.181. The number of aryl methyl sites for hydroxylation is 1. The van der Waals surface area contributed by atoms with Gasteiger partial charge in [-0.3, -0.25) is 0 Å². The highest BCUT2D eigenvalue weighted by Gasteiger charge is 2.15. The minimum Gasteiger partial charge on any atom is -0.159 e. The summed E-state index contributed by atoms with van der Waals surface area (Å²) < 4.78 is 0. The van der Waals surface area contributed by atoms with Crippen LogP contribution in [0.25, 0.3) is 0 Å². The normalized spacial score (nSPS) is 11.6. The van der Waals surface area contributed by atoms with Crippen LogP contribution in [-0.2, 0) is 5.41 Å². The quantitative estimate of drug-likeness (QED) is 0.566. The molecule has 1 aromatic heterocycles. The SMILES string of the molecule is Cc1nnccc1C(C)(C)C. The summed E-state index contributed by atoms with van der Waals surface area (Å²) in [7, 11) is 0. The van der Waals surface area contributed by atoms with Gasteiger partial charge in [0.1, 0.15) is 0 Å². The Morgan fingerprint density at radius 3 is 2.27 bits per heavy atom. The molecule has 1 rings (SSSR count). The van der Waals surface area contributed by atoms with Gasteiger partial charge in [0, 0.05) is 6.20 Å². The van der Waals surface area contributed by atoms with Crippen molar-refractivity contribution in [3.8, 4) is 0 Å². The van der Waals surface area contributed by atoms with E-state index in [-0.39, 0.29) is 5.41 Å². The van der Waals surface area contributed by atoms with Crippen LogP contribution in [0.15, 0.2) is 12.3 Å². The molecule has 0 aromatic carbocycles. The van der Waals surface area contributed by atoms with Crippen LogP contribution in [0.2, 0.25) is 0 Å². The van der Waals surface area contributed by atoms with Crippen LogP contribution in [0.1, 0.15) is 32.0 Å². The molecule has 0 aliphatic rings. The van der Waals surface area contributed by atoms with Crippen molar-refractivity contribution < 1.29 is 0 Å². The van der Waals surface area contributed by atoms with E-state index in [1.807, 2.05) is 13.0 Å². The van der Waals surface area contributed by atoms with E-state index >= 15 is 0 Å². The monoisotopic (exact) mass is 150 g/mol. The smallest absolute Gasteiger partial charge is 0.0637 e. The summed E-state index contributed by atoms with van der Waals surface area (Å²) >= 11 is 0. The molecule has 0 spiro atoms. The third-order valence-corrected chi connectivity index (χ3v) is 1.71. The lowest BCUT2D eigenvalue weighted by Crippen LogP contribution is -2.14. The summed E-state index contributed by atoms with van der Waals surface area (Å²) in [4.78, 5) is 0. The standard InChI is InChI=1S/C9H14N2/c1-7-8(9(2,3)4)5-6-10-11-7/h5-6H,1-4H3. The van der Waals surface area contributed by atoms with E-state index in [1.165, 1.54) is 5.56 Å². The molecule has 0 amide bonds. The van der Waals surface area contributed by atoms with E-state index in [0.29, 0.717) is 0 Å². The average Bonchev–Trinajstić information content (AvgIpc) is 1.86. The predicted octanol–water partition coefficient (Wildman–Crippen LogP) is 2.08. The molecule has 0 saturated heterocycles. The van der Waals surface area contributed by atoms with Gasteiger partial charge < -0.3 is 0 Å². The Morgan fingerprint density at radius 1 is 1.27 bits per heavy atom. The summed E-state index contributed by atoms with van der Waals surface area (Å²) in [5.41, 5.74) is 2.48. The van der Waals surface area contributed by atoms with Crippen LogP contribution in [0.3, 0.4) is 0 Å². The molecule has 0 radical (unpaired) electrons. The topological polar surface area (TPSA) is 25.8 Å². The van der Waals surface area contributed by atoms with Gasteiger partial charge in [-0.1, -0.05) is 20.8 Å². The van der Waals surface area contributed by atoms with Crippen LogP contribution >= 0.6 is 0 Å². The Hall–Kier alpha value is -0.920. The number of hydrogen-bond acceptors (Lipinski definition) is 2. The lowest BCUT2D eigenvalue weighted by molar-refractivity contribution is 0.578. The molecule has 0 aliphatic heterocycles. The van der Waals surface area contributed by atoms with Gasteiger partial charge in [-0.15, -0.1) is 0 Å². The summed E-state index contributed by atoms with van der Waals surface area (Å²) in [6.07, 6.45) is 1.74. The molecule has 0 atom stereocenters. The zero-order chi connectivity index (χ0) is 8.48. The average molecular weight is 150 g/mol. The largest absolute Gasteiger partial charge is 0.159 e. The predicted molar refractivity (Wildman–Crippen MR) is 45.5 cm³/mol. The first-order chi connectivity index (χ1) is 5.02. The Morgan fingerprint density at radius 2 is 1.91 bits per heavy atom. The van der Waals surface area contributed by atoms with E-state index in [4.69, 9.17) is 0 Å². The van der Waals surface area contributed by atoms with Crippen molar-refractivity contribution in [2.24, 2.45) is 0 Å². The molecular formula is C9H14N2. The van der Waals surface area contributed by atoms with Crippen LogP contribution in [0, 0.1) is 6.92 Å². The van der Waals surface area contributed by atoms with Crippen LogP contribution < -0.4 is 0 Å². The van der Waals surface area contributed by atoms with E-state index in [0.717, 1.165) is 5.69 Å². The molecule has 1 heterocycles. The fourth-order valence-electron chi connectivity index (χ4n) is 1.19. The Bertz CT molecular complexity index is 248. The lowest BCUT2D eigenvalue weighted by atomic mass is 9.86. The van der Waals surface area contributed by atoms with Crippen LogP contribution in [0.4, 0.5) is 0 Å². The molecular weight excluding hydrogens is 136 g/mol. The Balaban J connectivity index is 3.14. The third-order valence-electron chi connectivity index (χ3n) is 1.71. The van der Waals surface area contributed by atoms with Crippen molar-refractivity contribution in [3.05, 3.63) is 23.5 Å². The summed E-state index contributed by atoms with van der Waals surface area (Å²) in [6, 6.07) is 2.03. The molecule has 2 heteroatoms. The van der Waals surface area contributed by atoms with E-state index < -0.39 is 0 Å². The Labute approximate surface area is 67.7 Å². The van der Waals surface area contributed by atoms with Crippen LogP contribution in [0.5, 0.6) is 0 Å². The maximum atomic E-state index is 4.00. The van der Waals surface area contributed by atoms with Crippen molar-refractivity contribution in [2.45, 2.75) is 33.1 Å². The van der Waals surface area contributed by atoms with E-state index in [9.17, 15) is 0 Å². The number of rotatable bonds is 0. The van der Waals surface area contributed by atoms with Crippen molar-refractivity contribution in [1.82, 2.24) is 10.2 Å². The Kier molecular flexibility index (Phi) is 1.94. The zero-order valence-electron chi connectivity index (χ0n) is 7.55. The van der Waals surface area contributed by atoms with E-state index in [2.05, 4.69) is 31.0 Å². The molecule has 0 aliphatic carbocycles. The maximum Gasteiger partial charge on any atom is 0.0637 e. The van der Waals surface area contributed by atoms with Crippen molar-refractivity contribution >= 4 is 0 Å². The summed E-state index contributed by atoms with van der Waals surface area (Å²) in [6.45, 7) is 8.53. The second kappa shape index (κ2) is 2.61. The first kappa shape index (κ1) is 8.18. The highest BCUT2D eigenvalue weighted by Crippen LogP contribution is 2.22. The summed E-state index contributed by atoms with van der Waals surface area (Å²) in [5, 5.41) is 7.80. The van der Waals surface area contributed by atoms with Gasteiger partial charge in [0.15, 0.2) is 0 Å². The zero-order valence-corrected chi connectivity index (χ0v) is 7.55. The highest BCUT2D eigenvalue weighted by atomic mass is 15.1. The fourth-order valence-corrected chi connectivity index (χ4v) is 1.19. The van der Waals surface area contributed by atoms with Crippen molar-refractivity contribution in [3.63, 3.8) is 0 Å². The van der Waals surface area contributed by atoms with Gasteiger partial charge in [0.25, 0.3) is 0 Å². The molecule has 11 heavy (non-hydrogen) atoms. The van der Waals surface area contributed by atoms with Gasteiger partial charge >= 0.3 is 0 Å². The minimum absolute atomic E-state index is 0.181. The van der Waals surface area contributed by atoms with Gasteiger partial charge in [-0.05, 0) is 24.0 Å². The number of nitrogens with zero attached hydrogens (tertiary/aromatic N) is 2. The first-order valence-electron chi connectivity index (χ1n) is 3.80. The molecule has 0 saturated carbocycles. The highest BCUT2D eigenvalue weighted by molar-refractivity contribution is 5.23. The van der Waals surface area contributed by atoms with Crippen LogP contribution in [-0.4, -0.2) is 10.2 Å². The molecule has 60 valence electrons. The third kappa shape index (κ3) is 1.76. The molecule has 0 N–H and O–H groups in total. The van der Waals surface area contributed by atoms with Gasteiger partial charge in [-0.25, -0.2) is 0 Å². The van der Waals surface area contributed by atoms with Crippen molar-refractivity contribution in [2.75, 3.05) is 0 Å². The number of aromatic nitrogens is 2. The van der Waals surface area contributed by atoms with Crippen molar-refractivity contribution in [1.29, 1.82) is 0 Å². The van der Waals surface area contributed by atoms with Gasteiger partial charge in [0.05, 0.1) is 5.69 Å². The molecule has 2 nitrogen and oxygen atoms in total.